The molecule has 0 saturated carbocycles. The van der Waals surface area contributed by atoms with Crippen molar-refractivity contribution >= 4 is 11.9 Å². The van der Waals surface area contributed by atoms with Crippen LogP contribution in [0, 0.1) is 11.8 Å². The van der Waals surface area contributed by atoms with Gasteiger partial charge < -0.3 is 38.6 Å². The molecule has 0 aromatic heterocycles. The van der Waals surface area contributed by atoms with E-state index in [1.54, 1.807) is 13.8 Å². The van der Waals surface area contributed by atoms with Gasteiger partial charge >= 0.3 is 11.9 Å². The smallest absolute Gasteiger partial charge is 0.333 e. The van der Waals surface area contributed by atoms with Crippen LogP contribution in [0.1, 0.15) is 52.7 Å². The molecule has 4 unspecified atom stereocenters. The molecule has 0 heterocycles. The maximum absolute atomic E-state index is 11.4. The van der Waals surface area contributed by atoms with Crippen molar-refractivity contribution in [2.24, 2.45) is 11.8 Å². The fourth-order valence-corrected chi connectivity index (χ4v) is 4.17. The molecular formula is C37H52O10. The number of esters is 2. The minimum atomic E-state index is -0.902. The van der Waals surface area contributed by atoms with Gasteiger partial charge in [-0.05, 0) is 49.2 Å². The van der Waals surface area contributed by atoms with Crippen LogP contribution in [0.15, 0.2) is 72.8 Å². The Hall–Kier alpha value is -3.70. The molecule has 0 aliphatic rings. The zero-order valence-electron chi connectivity index (χ0n) is 28.7. The number of ether oxygens (including phenoxy) is 6. The monoisotopic (exact) mass is 656 g/mol. The van der Waals surface area contributed by atoms with Crippen LogP contribution in [-0.4, -0.2) is 87.2 Å². The van der Waals surface area contributed by atoms with Crippen LogP contribution in [0.4, 0.5) is 0 Å². The van der Waals surface area contributed by atoms with Crippen molar-refractivity contribution in [2.45, 2.75) is 59.2 Å². The van der Waals surface area contributed by atoms with Crippen molar-refractivity contribution in [1.82, 2.24) is 0 Å². The van der Waals surface area contributed by atoms with Gasteiger partial charge in [-0.3, -0.25) is 0 Å². The fraction of sp³-hybridized carbons (Fsp3) is 0.514. The molecule has 47 heavy (non-hydrogen) atoms. The molecule has 2 aromatic rings. The van der Waals surface area contributed by atoms with E-state index >= 15 is 0 Å². The molecule has 0 radical (unpaired) electrons. The predicted octanol–water partition coefficient (Wildman–Crippen LogP) is 5.04. The van der Waals surface area contributed by atoms with Crippen LogP contribution >= 0.6 is 0 Å². The van der Waals surface area contributed by atoms with Crippen LogP contribution in [0.25, 0.3) is 0 Å². The molecule has 0 fully saturated rings. The molecule has 2 N–H and O–H groups in total. The number of benzene rings is 2. The number of aliphatic hydroxyl groups is 2. The Bertz CT molecular complexity index is 1170. The third-order valence-corrected chi connectivity index (χ3v) is 7.16. The van der Waals surface area contributed by atoms with E-state index < -0.39 is 24.1 Å². The number of carbonyl (C=O) groups excluding carboxylic acids is 2. The lowest BCUT2D eigenvalue weighted by molar-refractivity contribution is -0.143. The van der Waals surface area contributed by atoms with Gasteiger partial charge in [0.1, 0.15) is 36.9 Å². The Balaban J connectivity index is 1.73. The van der Waals surface area contributed by atoms with Gasteiger partial charge in [0, 0.05) is 28.4 Å². The second kappa shape index (κ2) is 19.8. The molecule has 0 aliphatic heterocycles. The summed E-state index contributed by atoms with van der Waals surface area (Å²) in [4.78, 5) is 22.8. The molecule has 0 spiro atoms. The number of rotatable bonds is 22. The highest BCUT2D eigenvalue weighted by Gasteiger charge is 2.23. The lowest BCUT2D eigenvalue weighted by Gasteiger charge is -2.26. The summed E-state index contributed by atoms with van der Waals surface area (Å²) >= 11 is 0. The summed E-state index contributed by atoms with van der Waals surface area (Å²) < 4.78 is 32.8. The van der Waals surface area contributed by atoms with Gasteiger partial charge in [-0.2, -0.15) is 0 Å². The Morgan fingerprint density at radius 1 is 0.617 bits per heavy atom. The molecule has 0 amide bonds. The molecule has 4 atom stereocenters. The quantitative estimate of drug-likeness (QED) is 0.131. The van der Waals surface area contributed by atoms with Gasteiger partial charge in [0.25, 0.3) is 0 Å². The average Bonchev–Trinajstić information content (AvgIpc) is 3.04. The first-order valence-electron chi connectivity index (χ1n) is 15.8. The largest absolute Gasteiger partial charge is 0.493 e. The maximum atomic E-state index is 11.4. The summed E-state index contributed by atoms with van der Waals surface area (Å²) in [6, 6.07) is 16.1. The Labute approximate surface area is 279 Å². The van der Waals surface area contributed by atoms with Crippen LogP contribution in [0.5, 0.6) is 11.5 Å². The zero-order chi connectivity index (χ0) is 35.0. The second-order valence-corrected chi connectivity index (χ2v) is 12.6. The molecule has 0 bridgehead atoms. The standard InChI is InChI=1S/C37H52O10/c1-25(2)35(40)46-23-31(38)21-42-17-27(5)19-44-33-13-9-29(10-14-33)37(7,8)30-11-15-34(16-12-30)45-20-28(6)18-43-22-32(39)24-47-36(41)26(3)4/h9-16,27-28,31-32,38-39H,1,3,17-24H2,2,4-8H3. The van der Waals surface area contributed by atoms with E-state index in [1.165, 1.54) is 0 Å². The number of aliphatic hydroxyl groups excluding tert-OH is 2. The first-order chi connectivity index (χ1) is 22.2. The zero-order valence-corrected chi connectivity index (χ0v) is 28.7. The minimum Gasteiger partial charge on any atom is -0.493 e. The van der Waals surface area contributed by atoms with E-state index in [-0.39, 0.29) is 54.8 Å². The van der Waals surface area contributed by atoms with Gasteiger partial charge in [-0.15, -0.1) is 0 Å². The third kappa shape index (κ3) is 14.7. The summed E-state index contributed by atoms with van der Waals surface area (Å²) in [6.45, 7) is 19.9. The lowest BCUT2D eigenvalue weighted by atomic mass is 9.78. The predicted molar refractivity (Wildman–Crippen MR) is 180 cm³/mol. The molecule has 260 valence electrons. The summed E-state index contributed by atoms with van der Waals surface area (Å²) in [5.74, 6) is 0.616. The van der Waals surface area contributed by atoms with E-state index in [9.17, 15) is 19.8 Å². The average molecular weight is 657 g/mol. The van der Waals surface area contributed by atoms with E-state index in [0.717, 1.165) is 22.6 Å². The minimum absolute atomic E-state index is 0.0591. The highest BCUT2D eigenvalue weighted by atomic mass is 16.6. The molecule has 10 nitrogen and oxygen atoms in total. The number of hydrogen-bond donors (Lipinski definition) is 2. The van der Waals surface area contributed by atoms with Gasteiger partial charge in [0.2, 0.25) is 0 Å². The summed E-state index contributed by atoms with van der Waals surface area (Å²) in [5, 5.41) is 19.8. The summed E-state index contributed by atoms with van der Waals surface area (Å²) in [7, 11) is 0. The number of carbonyl (C=O) groups is 2. The summed E-state index contributed by atoms with van der Waals surface area (Å²) in [5.41, 5.74) is 2.59. The van der Waals surface area contributed by atoms with Crippen molar-refractivity contribution < 1.29 is 48.2 Å². The highest BCUT2D eigenvalue weighted by Crippen LogP contribution is 2.33. The van der Waals surface area contributed by atoms with Gasteiger partial charge in [-0.25, -0.2) is 9.59 Å². The van der Waals surface area contributed by atoms with Crippen LogP contribution < -0.4 is 9.47 Å². The van der Waals surface area contributed by atoms with Gasteiger partial charge in [0.15, 0.2) is 0 Å². The first-order valence-corrected chi connectivity index (χ1v) is 15.8. The van der Waals surface area contributed by atoms with E-state index in [1.807, 2.05) is 38.1 Å². The third-order valence-electron chi connectivity index (χ3n) is 7.16. The van der Waals surface area contributed by atoms with Crippen LogP contribution in [0.2, 0.25) is 0 Å². The lowest BCUT2D eigenvalue weighted by Crippen LogP contribution is -2.26. The number of hydrogen-bond acceptors (Lipinski definition) is 10. The van der Waals surface area contributed by atoms with E-state index in [0.29, 0.717) is 26.4 Å². The molecule has 0 aliphatic carbocycles. The van der Waals surface area contributed by atoms with Crippen molar-refractivity contribution in [3.05, 3.63) is 84.0 Å². The van der Waals surface area contributed by atoms with Crippen molar-refractivity contribution in [3.8, 4) is 11.5 Å². The first kappa shape index (κ1) is 39.5. The van der Waals surface area contributed by atoms with Gasteiger partial charge in [-0.1, -0.05) is 65.1 Å². The molecule has 2 aromatic carbocycles. The SMILES string of the molecule is C=C(C)C(=O)OCC(O)COCC(C)COc1ccc(C(C)(C)c2ccc(OCC(C)COCC(O)COC(=O)C(=C)C)cc2)cc1. The topological polar surface area (TPSA) is 130 Å². The van der Waals surface area contributed by atoms with Crippen LogP contribution in [0.3, 0.4) is 0 Å². The Morgan fingerprint density at radius 3 is 1.28 bits per heavy atom. The maximum Gasteiger partial charge on any atom is 0.333 e. The van der Waals surface area contributed by atoms with Crippen molar-refractivity contribution in [1.29, 1.82) is 0 Å². The molecule has 10 heteroatoms. The van der Waals surface area contributed by atoms with Crippen molar-refractivity contribution in [3.63, 3.8) is 0 Å². The highest BCUT2D eigenvalue weighted by molar-refractivity contribution is 5.87. The molecule has 2 rings (SSSR count). The Kier molecular flexibility index (Phi) is 16.7. The van der Waals surface area contributed by atoms with Crippen molar-refractivity contribution in [2.75, 3.05) is 52.9 Å². The Morgan fingerprint density at radius 2 is 0.957 bits per heavy atom. The second-order valence-electron chi connectivity index (χ2n) is 12.6. The normalized spacial score (nSPS) is 14.0. The fourth-order valence-electron chi connectivity index (χ4n) is 4.17. The van der Waals surface area contributed by atoms with E-state index in [4.69, 9.17) is 28.4 Å². The van der Waals surface area contributed by atoms with Crippen LogP contribution in [-0.2, 0) is 34.0 Å². The molecule has 0 saturated heterocycles. The van der Waals surface area contributed by atoms with Gasteiger partial charge in [0.05, 0.1) is 39.6 Å². The summed E-state index contributed by atoms with van der Waals surface area (Å²) in [6.07, 6.45) is -1.80. The van der Waals surface area contributed by atoms with E-state index in [2.05, 4.69) is 51.3 Å². The molecular weight excluding hydrogens is 604 g/mol.